The second-order valence-corrected chi connectivity index (χ2v) is 4.49. The van der Waals surface area contributed by atoms with Crippen LogP contribution in [0.1, 0.15) is 37.8 Å². The van der Waals surface area contributed by atoms with Crippen molar-refractivity contribution in [3.63, 3.8) is 0 Å². The monoisotopic (exact) mass is 246 g/mol. The molecule has 0 spiro atoms. The van der Waals surface area contributed by atoms with Crippen LogP contribution in [0.5, 0.6) is 0 Å². The van der Waals surface area contributed by atoms with E-state index in [0.717, 1.165) is 24.8 Å². The minimum atomic E-state index is -0.514. The molecule has 1 heterocycles. The van der Waals surface area contributed by atoms with Crippen molar-refractivity contribution >= 4 is 11.9 Å². The first-order chi connectivity index (χ1) is 8.74. The highest BCUT2D eigenvalue weighted by Crippen LogP contribution is 2.21. The molecular formula is C14H18N2O2. The number of rotatable bonds is 5. The van der Waals surface area contributed by atoms with Gasteiger partial charge >= 0.3 is 6.03 Å². The quantitative estimate of drug-likeness (QED) is 0.641. The van der Waals surface area contributed by atoms with E-state index in [1.807, 2.05) is 30.3 Å². The lowest BCUT2D eigenvalue weighted by atomic mass is 10.1. The number of nitrogens with zero attached hydrogens (tertiary/aromatic N) is 1. The van der Waals surface area contributed by atoms with Gasteiger partial charge in [0.1, 0.15) is 6.04 Å². The minimum absolute atomic E-state index is 0.137. The van der Waals surface area contributed by atoms with E-state index in [-0.39, 0.29) is 11.9 Å². The molecule has 0 aliphatic carbocycles. The second kappa shape index (κ2) is 5.67. The van der Waals surface area contributed by atoms with Crippen LogP contribution in [0.2, 0.25) is 0 Å². The van der Waals surface area contributed by atoms with Gasteiger partial charge in [0.25, 0.3) is 5.91 Å². The summed E-state index contributed by atoms with van der Waals surface area (Å²) in [7, 11) is 0. The van der Waals surface area contributed by atoms with Crippen LogP contribution in [0.4, 0.5) is 4.79 Å². The molecule has 1 saturated heterocycles. The van der Waals surface area contributed by atoms with Crippen LogP contribution in [0.3, 0.4) is 0 Å². The Morgan fingerprint density at radius 2 is 1.89 bits per heavy atom. The second-order valence-electron chi connectivity index (χ2n) is 4.49. The van der Waals surface area contributed by atoms with Gasteiger partial charge in [0.15, 0.2) is 0 Å². The average molecular weight is 246 g/mol. The molecule has 1 fully saturated rings. The summed E-state index contributed by atoms with van der Waals surface area (Å²) < 4.78 is 0. The Bertz CT molecular complexity index is 431. The molecule has 4 nitrogen and oxygen atoms in total. The Morgan fingerprint density at radius 3 is 2.56 bits per heavy atom. The minimum Gasteiger partial charge on any atom is -0.322 e. The van der Waals surface area contributed by atoms with Gasteiger partial charge in [0, 0.05) is 6.54 Å². The smallest absolute Gasteiger partial charge is 0.322 e. The molecule has 1 aliphatic heterocycles. The van der Waals surface area contributed by atoms with Crippen molar-refractivity contribution in [3.8, 4) is 0 Å². The maximum Gasteiger partial charge on any atom is 0.325 e. The van der Waals surface area contributed by atoms with Gasteiger partial charge in [0.05, 0.1) is 0 Å². The summed E-state index contributed by atoms with van der Waals surface area (Å²) in [6.45, 7) is 2.61. The number of imide groups is 1. The fraction of sp³-hybridized carbons (Fsp3) is 0.429. The van der Waals surface area contributed by atoms with Crippen LogP contribution < -0.4 is 5.32 Å². The summed E-state index contributed by atoms with van der Waals surface area (Å²) in [5.74, 6) is -0.137. The molecule has 0 bridgehead atoms. The van der Waals surface area contributed by atoms with Crippen molar-refractivity contribution in [2.75, 3.05) is 6.54 Å². The fourth-order valence-corrected chi connectivity index (χ4v) is 2.12. The molecule has 1 atom stereocenters. The highest BCUT2D eigenvalue weighted by Gasteiger charge is 2.38. The SMILES string of the molecule is CCCCCN1C(=O)NC(c2ccccc2)C1=O. The molecular weight excluding hydrogens is 228 g/mol. The van der Waals surface area contributed by atoms with E-state index in [2.05, 4.69) is 12.2 Å². The van der Waals surface area contributed by atoms with Gasteiger partial charge in [-0.25, -0.2) is 4.79 Å². The van der Waals surface area contributed by atoms with Crippen molar-refractivity contribution < 1.29 is 9.59 Å². The highest BCUT2D eigenvalue weighted by molar-refractivity contribution is 6.04. The lowest BCUT2D eigenvalue weighted by Crippen LogP contribution is -2.31. The number of unbranched alkanes of at least 4 members (excludes halogenated alkanes) is 2. The third-order valence-electron chi connectivity index (χ3n) is 3.14. The van der Waals surface area contributed by atoms with Crippen LogP contribution in [-0.2, 0) is 4.79 Å². The molecule has 4 heteroatoms. The summed E-state index contributed by atoms with van der Waals surface area (Å²) in [5.41, 5.74) is 0.842. The largest absolute Gasteiger partial charge is 0.325 e. The molecule has 0 aromatic heterocycles. The van der Waals surface area contributed by atoms with Crippen LogP contribution >= 0.6 is 0 Å². The van der Waals surface area contributed by atoms with Gasteiger partial charge in [0.2, 0.25) is 0 Å². The number of carbonyl (C=O) groups is 2. The molecule has 18 heavy (non-hydrogen) atoms. The molecule has 1 N–H and O–H groups in total. The normalized spacial score (nSPS) is 19.2. The Labute approximate surface area is 107 Å². The fourth-order valence-electron chi connectivity index (χ4n) is 2.12. The maximum atomic E-state index is 12.2. The zero-order valence-corrected chi connectivity index (χ0v) is 10.6. The number of nitrogens with one attached hydrogen (secondary N) is 1. The van der Waals surface area contributed by atoms with Gasteiger partial charge in [-0.2, -0.15) is 0 Å². The van der Waals surface area contributed by atoms with E-state index in [4.69, 9.17) is 0 Å². The van der Waals surface area contributed by atoms with Crippen LogP contribution in [0.15, 0.2) is 30.3 Å². The first-order valence-electron chi connectivity index (χ1n) is 6.41. The highest BCUT2D eigenvalue weighted by atomic mass is 16.2. The zero-order chi connectivity index (χ0) is 13.0. The lowest BCUT2D eigenvalue weighted by Gasteiger charge is -2.12. The predicted molar refractivity (Wildman–Crippen MR) is 69.0 cm³/mol. The van der Waals surface area contributed by atoms with E-state index in [1.165, 1.54) is 4.90 Å². The Kier molecular flexibility index (Phi) is 3.97. The molecule has 3 amide bonds. The molecule has 1 aromatic carbocycles. The van der Waals surface area contributed by atoms with Crippen LogP contribution in [-0.4, -0.2) is 23.4 Å². The predicted octanol–water partition coefficient (Wildman–Crippen LogP) is 2.47. The van der Waals surface area contributed by atoms with E-state index >= 15 is 0 Å². The van der Waals surface area contributed by atoms with Crippen molar-refractivity contribution in [1.82, 2.24) is 10.2 Å². The van der Waals surface area contributed by atoms with E-state index in [1.54, 1.807) is 0 Å². The third-order valence-corrected chi connectivity index (χ3v) is 3.14. The lowest BCUT2D eigenvalue weighted by molar-refractivity contribution is -0.127. The van der Waals surface area contributed by atoms with Gasteiger partial charge in [-0.3, -0.25) is 9.69 Å². The van der Waals surface area contributed by atoms with Crippen molar-refractivity contribution in [1.29, 1.82) is 0 Å². The standard InChI is InChI=1S/C14H18N2O2/c1-2-3-7-10-16-13(17)12(15-14(16)18)11-8-5-4-6-9-11/h4-6,8-9,12H,2-3,7,10H2,1H3,(H,15,18). The van der Waals surface area contributed by atoms with E-state index in [9.17, 15) is 9.59 Å². The van der Waals surface area contributed by atoms with E-state index < -0.39 is 6.04 Å². The number of hydrogen-bond donors (Lipinski definition) is 1. The summed E-state index contributed by atoms with van der Waals surface area (Å²) >= 11 is 0. The van der Waals surface area contributed by atoms with Gasteiger partial charge in [-0.05, 0) is 12.0 Å². The van der Waals surface area contributed by atoms with Gasteiger partial charge < -0.3 is 5.32 Å². The molecule has 96 valence electrons. The maximum absolute atomic E-state index is 12.2. The number of urea groups is 1. The number of benzene rings is 1. The molecule has 2 rings (SSSR count). The molecule has 1 aromatic rings. The zero-order valence-electron chi connectivity index (χ0n) is 10.6. The van der Waals surface area contributed by atoms with Gasteiger partial charge in [-0.1, -0.05) is 50.1 Å². The topological polar surface area (TPSA) is 49.4 Å². The Balaban J connectivity index is 2.05. The number of amides is 3. The first kappa shape index (κ1) is 12.6. The summed E-state index contributed by atoms with van der Waals surface area (Å²) in [5, 5.41) is 2.73. The van der Waals surface area contributed by atoms with Crippen LogP contribution in [0.25, 0.3) is 0 Å². The van der Waals surface area contributed by atoms with Crippen molar-refractivity contribution in [2.24, 2.45) is 0 Å². The Morgan fingerprint density at radius 1 is 1.17 bits per heavy atom. The van der Waals surface area contributed by atoms with Crippen LogP contribution in [0, 0.1) is 0 Å². The first-order valence-corrected chi connectivity index (χ1v) is 6.41. The number of hydrogen-bond acceptors (Lipinski definition) is 2. The summed E-state index contributed by atoms with van der Waals surface area (Å²) in [4.78, 5) is 25.2. The number of carbonyl (C=O) groups excluding carboxylic acids is 2. The Hall–Kier alpha value is -1.84. The molecule has 0 radical (unpaired) electrons. The van der Waals surface area contributed by atoms with Crippen molar-refractivity contribution in [3.05, 3.63) is 35.9 Å². The van der Waals surface area contributed by atoms with Gasteiger partial charge in [-0.15, -0.1) is 0 Å². The molecule has 1 unspecified atom stereocenters. The summed E-state index contributed by atoms with van der Waals surface area (Å²) in [6, 6.07) is 8.56. The van der Waals surface area contributed by atoms with E-state index in [0.29, 0.717) is 6.54 Å². The van der Waals surface area contributed by atoms with Crippen molar-refractivity contribution in [2.45, 2.75) is 32.2 Å². The summed E-state index contributed by atoms with van der Waals surface area (Å²) in [6.07, 6.45) is 2.98. The average Bonchev–Trinajstić information content (AvgIpc) is 2.68. The molecule has 1 aliphatic rings. The third kappa shape index (κ3) is 2.53. The molecule has 0 saturated carbocycles.